The van der Waals surface area contributed by atoms with Crippen LogP contribution >= 0.6 is 0 Å². The molecule has 4 nitrogen and oxygen atoms in total. The van der Waals surface area contributed by atoms with Crippen molar-refractivity contribution < 1.29 is 9.90 Å². The number of likely N-dealkylation sites (tertiary alicyclic amines) is 1. The van der Waals surface area contributed by atoms with Gasteiger partial charge in [0.1, 0.15) is 0 Å². The van der Waals surface area contributed by atoms with Gasteiger partial charge in [-0.25, -0.2) is 4.79 Å². The lowest BCUT2D eigenvalue weighted by Crippen LogP contribution is -2.33. The van der Waals surface area contributed by atoms with E-state index in [9.17, 15) is 4.79 Å². The van der Waals surface area contributed by atoms with Crippen LogP contribution in [0.3, 0.4) is 0 Å². The molecule has 98 valence electrons. The van der Waals surface area contributed by atoms with Gasteiger partial charge >= 0.3 is 5.97 Å². The van der Waals surface area contributed by atoms with Gasteiger partial charge in [-0.05, 0) is 45.0 Å². The van der Waals surface area contributed by atoms with Gasteiger partial charge in [0.2, 0.25) is 0 Å². The van der Waals surface area contributed by atoms with Crippen LogP contribution in [0.25, 0.3) is 0 Å². The Kier molecular flexibility index (Phi) is 4.20. The monoisotopic (exact) mass is 248 g/mol. The van der Waals surface area contributed by atoms with Crippen molar-refractivity contribution in [2.24, 2.45) is 0 Å². The third kappa shape index (κ3) is 3.23. The highest BCUT2D eigenvalue weighted by atomic mass is 16.4. The van der Waals surface area contributed by atoms with E-state index in [4.69, 9.17) is 5.11 Å². The summed E-state index contributed by atoms with van der Waals surface area (Å²) in [6, 6.07) is 7.32. The lowest BCUT2D eigenvalue weighted by atomic mass is 10.1. The normalized spacial score (nSPS) is 17.6. The zero-order valence-electron chi connectivity index (χ0n) is 10.7. The summed E-state index contributed by atoms with van der Waals surface area (Å²) in [7, 11) is 0. The van der Waals surface area contributed by atoms with Crippen molar-refractivity contribution in [1.29, 1.82) is 0 Å². The van der Waals surface area contributed by atoms with Crippen molar-refractivity contribution in [3.05, 3.63) is 29.8 Å². The van der Waals surface area contributed by atoms with Crippen LogP contribution in [-0.2, 0) is 0 Å². The van der Waals surface area contributed by atoms with Gasteiger partial charge in [0, 0.05) is 18.3 Å². The van der Waals surface area contributed by atoms with Crippen LogP contribution in [0.5, 0.6) is 0 Å². The lowest BCUT2D eigenvalue weighted by molar-refractivity contribution is 0.0698. The number of nitrogens with zero attached hydrogens (tertiary/aromatic N) is 1. The first-order valence-corrected chi connectivity index (χ1v) is 6.48. The van der Waals surface area contributed by atoms with Crippen molar-refractivity contribution in [1.82, 2.24) is 4.90 Å². The van der Waals surface area contributed by atoms with Gasteiger partial charge in [0.15, 0.2) is 0 Å². The Bertz CT molecular complexity index is 414. The largest absolute Gasteiger partial charge is 0.478 e. The van der Waals surface area contributed by atoms with Crippen LogP contribution in [0.4, 0.5) is 5.69 Å². The molecular weight excluding hydrogens is 228 g/mol. The molecule has 2 N–H and O–H groups in total. The maximum atomic E-state index is 11.1. The van der Waals surface area contributed by atoms with Gasteiger partial charge < -0.3 is 15.3 Å². The van der Waals surface area contributed by atoms with Gasteiger partial charge in [0.05, 0.1) is 5.56 Å². The number of para-hydroxylation sites is 1. The average molecular weight is 248 g/mol. The van der Waals surface area contributed by atoms with E-state index in [1.807, 2.05) is 12.1 Å². The van der Waals surface area contributed by atoms with Gasteiger partial charge in [-0.2, -0.15) is 0 Å². The molecule has 0 saturated carbocycles. The predicted molar refractivity (Wildman–Crippen MR) is 72.2 cm³/mol. The van der Waals surface area contributed by atoms with Crippen LogP contribution in [0, 0.1) is 0 Å². The Morgan fingerprint density at radius 1 is 1.39 bits per heavy atom. The van der Waals surface area contributed by atoms with Crippen molar-refractivity contribution in [3.8, 4) is 0 Å². The molecule has 1 unspecified atom stereocenters. The molecule has 2 rings (SSSR count). The van der Waals surface area contributed by atoms with E-state index in [1.165, 1.54) is 12.8 Å². The van der Waals surface area contributed by atoms with Crippen LogP contribution in [-0.4, -0.2) is 41.7 Å². The lowest BCUT2D eigenvalue weighted by Gasteiger charge is -2.22. The van der Waals surface area contributed by atoms with Gasteiger partial charge in [0.25, 0.3) is 0 Å². The first-order valence-electron chi connectivity index (χ1n) is 6.48. The van der Waals surface area contributed by atoms with E-state index in [0.29, 0.717) is 11.3 Å². The molecule has 1 aliphatic heterocycles. The van der Waals surface area contributed by atoms with E-state index in [1.54, 1.807) is 12.1 Å². The first-order chi connectivity index (χ1) is 8.66. The van der Waals surface area contributed by atoms with Crippen LogP contribution in [0.15, 0.2) is 24.3 Å². The van der Waals surface area contributed by atoms with Crippen LogP contribution in [0.2, 0.25) is 0 Å². The first kappa shape index (κ1) is 12.9. The zero-order chi connectivity index (χ0) is 13.0. The average Bonchev–Trinajstić information content (AvgIpc) is 2.82. The topological polar surface area (TPSA) is 52.6 Å². The van der Waals surface area contributed by atoms with E-state index < -0.39 is 5.97 Å². The predicted octanol–water partition coefficient (Wildman–Crippen LogP) is 2.28. The second kappa shape index (κ2) is 5.87. The Morgan fingerprint density at radius 2 is 2.06 bits per heavy atom. The Hall–Kier alpha value is -1.55. The summed E-state index contributed by atoms with van der Waals surface area (Å²) >= 11 is 0. The molecule has 1 aromatic carbocycles. The minimum absolute atomic E-state index is 0.253. The molecule has 1 heterocycles. The fourth-order valence-electron chi connectivity index (χ4n) is 2.46. The van der Waals surface area contributed by atoms with E-state index >= 15 is 0 Å². The van der Waals surface area contributed by atoms with Gasteiger partial charge in [-0.3, -0.25) is 0 Å². The minimum Gasteiger partial charge on any atom is -0.478 e. The number of benzene rings is 1. The highest BCUT2D eigenvalue weighted by molar-refractivity contribution is 5.94. The number of carboxylic acids is 1. The molecule has 0 aromatic heterocycles. The second-order valence-electron chi connectivity index (χ2n) is 4.90. The summed E-state index contributed by atoms with van der Waals surface area (Å²) < 4.78 is 0. The Balaban J connectivity index is 1.97. The van der Waals surface area contributed by atoms with Crippen LogP contribution in [0.1, 0.15) is 30.1 Å². The van der Waals surface area contributed by atoms with Gasteiger partial charge in [-0.15, -0.1) is 0 Å². The fourth-order valence-corrected chi connectivity index (χ4v) is 2.46. The molecule has 0 spiro atoms. The molecule has 1 aromatic rings. The number of rotatable bonds is 5. The highest BCUT2D eigenvalue weighted by Crippen LogP contribution is 2.17. The molecule has 1 atom stereocenters. The number of hydrogen-bond donors (Lipinski definition) is 2. The molecule has 18 heavy (non-hydrogen) atoms. The maximum Gasteiger partial charge on any atom is 0.337 e. The molecule has 1 saturated heterocycles. The number of anilines is 1. The summed E-state index contributed by atoms with van der Waals surface area (Å²) in [5.41, 5.74) is 1.04. The van der Waals surface area contributed by atoms with Gasteiger partial charge in [-0.1, -0.05) is 12.1 Å². The molecule has 0 aliphatic carbocycles. The Labute approximate surface area is 108 Å². The van der Waals surface area contributed by atoms with E-state index in [-0.39, 0.29) is 6.04 Å². The van der Waals surface area contributed by atoms with Crippen molar-refractivity contribution in [2.75, 3.05) is 25.0 Å². The summed E-state index contributed by atoms with van der Waals surface area (Å²) in [5, 5.41) is 12.4. The number of nitrogens with one attached hydrogen (secondary N) is 1. The van der Waals surface area contributed by atoms with E-state index in [0.717, 1.165) is 19.6 Å². The molecule has 4 heteroatoms. The summed E-state index contributed by atoms with van der Waals surface area (Å²) in [6.07, 6.45) is 2.55. The standard InChI is InChI=1S/C14H20N2O2/c1-11(10-16-8-4-5-9-16)15-13-7-3-2-6-12(13)14(17)18/h2-3,6-7,11,15H,4-5,8-10H2,1H3,(H,17,18). The fraction of sp³-hybridized carbons (Fsp3) is 0.500. The third-order valence-electron chi connectivity index (χ3n) is 3.29. The Morgan fingerprint density at radius 3 is 2.72 bits per heavy atom. The minimum atomic E-state index is -0.883. The van der Waals surface area contributed by atoms with Crippen LogP contribution < -0.4 is 5.32 Å². The van der Waals surface area contributed by atoms with Crippen molar-refractivity contribution in [3.63, 3.8) is 0 Å². The van der Waals surface area contributed by atoms with E-state index in [2.05, 4.69) is 17.1 Å². The van der Waals surface area contributed by atoms with Crippen molar-refractivity contribution >= 4 is 11.7 Å². The SMILES string of the molecule is CC(CN1CCCC1)Nc1ccccc1C(=O)O. The number of carboxylic acid groups (broad SMARTS) is 1. The third-order valence-corrected chi connectivity index (χ3v) is 3.29. The molecule has 0 radical (unpaired) electrons. The number of aromatic carboxylic acids is 1. The zero-order valence-corrected chi connectivity index (χ0v) is 10.7. The molecule has 1 fully saturated rings. The smallest absolute Gasteiger partial charge is 0.337 e. The van der Waals surface area contributed by atoms with Crippen molar-refractivity contribution in [2.45, 2.75) is 25.8 Å². The molecular formula is C14H20N2O2. The summed E-state index contributed by atoms with van der Waals surface area (Å²) in [4.78, 5) is 13.5. The quantitative estimate of drug-likeness (QED) is 0.839. The number of carbonyl (C=O) groups is 1. The second-order valence-corrected chi connectivity index (χ2v) is 4.90. The molecule has 0 bridgehead atoms. The maximum absolute atomic E-state index is 11.1. The molecule has 1 aliphatic rings. The summed E-state index contributed by atoms with van der Waals surface area (Å²) in [6.45, 7) is 5.38. The molecule has 0 amide bonds. The number of hydrogen-bond acceptors (Lipinski definition) is 3. The summed E-state index contributed by atoms with van der Waals surface area (Å²) in [5.74, 6) is -0.883. The highest BCUT2D eigenvalue weighted by Gasteiger charge is 2.16.